The second kappa shape index (κ2) is 6.25. The van der Waals surface area contributed by atoms with Crippen LogP contribution < -0.4 is 0 Å². The van der Waals surface area contributed by atoms with E-state index >= 15 is 0 Å². The molecule has 0 spiro atoms. The summed E-state index contributed by atoms with van der Waals surface area (Å²) in [6, 6.07) is 1.96. The third-order valence-corrected chi connectivity index (χ3v) is 3.83. The topological polar surface area (TPSA) is 22.0 Å². The van der Waals surface area contributed by atoms with E-state index in [0.717, 1.165) is 23.5 Å². The van der Waals surface area contributed by atoms with E-state index < -0.39 is 0 Å². The van der Waals surface area contributed by atoms with Crippen molar-refractivity contribution in [3.8, 4) is 0 Å². The first-order chi connectivity index (χ1) is 8.04. The lowest BCUT2D eigenvalue weighted by molar-refractivity contribution is 0.102. The molecule has 96 valence electrons. The Kier molecular flexibility index (Phi) is 5.26. The SMILES string of the molecule is CCC(CC)Cn1c(C)cc(C(=O)CCl)c1C. The lowest BCUT2D eigenvalue weighted by atomic mass is 10.0. The molecular weight excluding hydrogens is 234 g/mol. The highest BCUT2D eigenvalue weighted by Gasteiger charge is 2.16. The van der Waals surface area contributed by atoms with Crippen molar-refractivity contribution >= 4 is 17.4 Å². The van der Waals surface area contributed by atoms with Gasteiger partial charge in [-0.15, -0.1) is 11.6 Å². The molecule has 0 saturated heterocycles. The van der Waals surface area contributed by atoms with Gasteiger partial charge in [0.25, 0.3) is 0 Å². The molecule has 0 N–H and O–H groups in total. The van der Waals surface area contributed by atoms with Crippen LogP contribution in [-0.2, 0) is 6.54 Å². The van der Waals surface area contributed by atoms with Gasteiger partial charge in [-0.2, -0.15) is 0 Å². The second-order valence-corrected chi connectivity index (χ2v) is 4.90. The molecule has 2 nitrogen and oxygen atoms in total. The number of rotatable bonds is 6. The zero-order chi connectivity index (χ0) is 13.0. The highest BCUT2D eigenvalue weighted by Crippen LogP contribution is 2.20. The van der Waals surface area contributed by atoms with Crippen molar-refractivity contribution in [1.29, 1.82) is 0 Å². The molecule has 3 heteroatoms. The molecule has 0 bridgehead atoms. The summed E-state index contributed by atoms with van der Waals surface area (Å²) in [6.07, 6.45) is 2.35. The van der Waals surface area contributed by atoms with E-state index in [2.05, 4.69) is 25.3 Å². The van der Waals surface area contributed by atoms with Crippen LogP contribution in [0.2, 0.25) is 0 Å². The molecule has 0 atom stereocenters. The minimum absolute atomic E-state index is 0.0237. The molecule has 1 aromatic heterocycles. The molecule has 0 unspecified atom stereocenters. The Morgan fingerprint density at radius 1 is 1.35 bits per heavy atom. The van der Waals surface area contributed by atoms with Gasteiger partial charge in [-0.05, 0) is 25.8 Å². The van der Waals surface area contributed by atoms with Crippen LogP contribution in [0.5, 0.6) is 0 Å². The Morgan fingerprint density at radius 2 is 1.94 bits per heavy atom. The number of alkyl halides is 1. The standard InChI is InChI=1S/C14H22ClNO/c1-5-12(6-2)9-16-10(3)7-13(11(16)4)14(17)8-15/h7,12H,5-6,8-9H2,1-4H3. The number of hydrogen-bond acceptors (Lipinski definition) is 1. The summed E-state index contributed by atoms with van der Waals surface area (Å²) in [5.74, 6) is 0.768. The van der Waals surface area contributed by atoms with Gasteiger partial charge in [-0.25, -0.2) is 0 Å². The number of halogens is 1. The van der Waals surface area contributed by atoms with Crippen molar-refractivity contribution in [2.24, 2.45) is 5.92 Å². The first-order valence-electron chi connectivity index (χ1n) is 6.30. The fourth-order valence-electron chi connectivity index (χ4n) is 2.24. The number of carbonyl (C=O) groups is 1. The summed E-state index contributed by atoms with van der Waals surface area (Å²) in [5, 5.41) is 0. The van der Waals surface area contributed by atoms with Gasteiger partial charge in [-0.3, -0.25) is 4.79 Å². The molecule has 0 aliphatic carbocycles. The predicted molar refractivity (Wildman–Crippen MR) is 73.0 cm³/mol. The Labute approximate surface area is 109 Å². The smallest absolute Gasteiger partial charge is 0.179 e. The predicted octanol–water partition coefficient (Wildman–Crippen LogP) is 3.96. The van der Waals surface area contributed by atoms with Crippen molar-refractivity contribution in [2.75, 3.05) is 5.88 Å². The average Bonchev–Trinajstić information content (AvgIpc) is 2.61. The van der Waals surface area contributed by atoms with Crippen LogP contribution in [0.4, 0.5) is 0 Å². The van der Waals surface area contributed by atoms with Crippen LogP contribution in [-0.4, -0.2) is 16.2 Å². The maximum absolute atomic E-state index is 11.7. The third kappa shape index (κ3) is 3.12. The summed E-state index contributed by atoms with van der Waals surface area (Å²) >= 11 is 5.62. The molecule has 0 aliphatic heterocycles. The first kappa shape index (κ1) is 14.3. The number of aromatic nitrogens is 1. The first-order valence-corrected chi connectivity index (χ1v) is 6.84. The molecule has 0 aliphatic rings. The lowest BCUT2D eigenvalue weighted by Gasteiger charge is -2.17. The number of nitrogens with zero attached hydrogens (tertiary/aromatic N) is 1. The quantitative estimate of drug-likeness (QED) is 0.557. The van der Waals surface area contributed by atoms with Gasteiger partial charge in [0, 0.05) is 23.5 Å². The van der Waals surface area contributed by atoms with Gasteiger partial charge < -0.3 is 4.57 Å². The highest BCUT2D eigenvalue weighted by atomic mass is 35.5. The molecule has 1 rings (SSSR count). The van der Waals surface area contributed by atoms with Crippen LogP contribution >= 0.6 is 11.6 Å². The second-order valence-electron chi connectivity index (χ2n) is 4.63. The number of carbonyl (C=O) groups excluding carboxylic acids is 1. The highest BCUT2D eigenvalue weighted by molar-refractivity contribution is 6.30. The molecule has 17 heavy (non-hydrogen) atoms. The summed E-state index contributed by atoms with van der Waals surface area (Å²) in [6.45, 7) is 9.50. The normalized spacial score (nSPS) is 11.2. The van der Waals surface area contributed by atoms with Gasteiger partial charge in [0.15, 0.2) is 5.78 Å². The van der Waals surface area contributed by atoms with Crippen LogP contribution in [0, 0.1) is 19.8 Å². The van der Waals surface area contributed by atoms with Gasteiger partial charge in [-0.1, -0.05) is 26.7 Å². The Morgan fingerprint density at radius 3 is 2.41 bits per heavy atom. The van der Waals surface area contributed by atoms with Gasteiger partial charge in [0.05, 0.1) is 5.88 Å². The number of ketones is 1. The van der Waals surface area contributed by atoms with Crippen molar-refractivity contribution in [2.45, 2.75) is 47.1 Å². The van der Waals surface area contributed by atoms with Crippen LogP contribution in [0.15, 0.2) is 6.07 Å². The van der Waals surface area contributed by atoms with Crippen molar-refractivity contribution in [3.63, 3.8) is 0 Å². The largest absolute Gasteiger partial charge is 0.348 e. The van der Waals surface area contributed by atoms with Gasteiger partial charge >= 0.3 is 0 Å². The van der Waals surface area contributed by atoms with Crippen LogP contribution in [0.25, 0.3) is 0 Å². The molecule has 0 saturated carbocycles. The summed E-state index contributed by atoms with van der Waals surface area (Å²) in [4.78, 5) is 11.7. The average molecular weight is 256 g/mol. The number of Topliss-reactive ketones (excluding diaryl/α,β-unsaturated/α-hetero) is 1. The Balaban J connectivity index is 3.01. The van der Waals surface area contributed by atoms with Crippen LogP contribution in [0.3, 0.4) is 0 Å². The molecule has 1 aromatic rings. The van der Waals surface area contributed by atoms with Gasteiger partial charge in [0.1, 0.15) is 0 Å². The molecule has 0 amide bonds. The molecule has 0 radical (unpaired) electrons. The maximum Gasteiger partial charge on any atom is 0.179 e. The molecule has 0 fully saturated rings. The zero-order valence-corrected chi connectivity index (χ0v) is 12.0. The van der Waals surface area contributed by atoms with Crippen molar-refractivity contribution < 1.29 is 4.79 Å². The van der Waals surface area contributed by atoms with Crippen molar-refractivity contribution in [3.05, 3.63) is 23.0 Å². The van der Waals surface area contributed by atoms with E-state index in [1.54, 1.807) is 0 Å². The minimum atomic E-state index is 0.0237. The Bertz CT molecular complexity index is 391. The van der Waals surface area contributed by atoms with Crippen molar-refractivity contribution in [1.82, 2.24) is 4.57 Å². The number of hydrogen-bond donors (Lipinski definition) is 0. The fourth-order valence-corrected chi connectivity index (χ4v) is 2.39. The van der Waals surface area contributed by atoms with E-state index in [-0.39, 0.29) is 11.7 Å². The summed E-state index contributed by atoms with van der Waals surface area (Å²) < 4.78 is 2.25. The van der Waals surface area contributed by atoms with E-state index in [1.807, 2.05) is 13.0 Å². The fraction of sp³-hybridized carbons (Fsp3) is 0.643. The number of aryl methyl sites for hydroxylation is 1. The van der Waals surface area contributed by atoms with E-state index in [0.29, 0.717) is 5.92 Å². The van der Waals surface area contributed by atoms with Gasteiger partial charge in [0.2, 0.25) is 0 Å². The summed E-state index contributed by atoms with van der Waals surface area (Å²) in [7, 11) is 0. The Hall–Kier alpha value is -0.760. The molecule has 1 heterocycles. The molecule has 0 aromatic carbocycles. The van der Waals surface area contributed by atoms with E-state index in [1.165, 1.54) is 12.8 Å². The lowest BCUT2D eigenvalue weighted by Crippen LogP contribution is -2.12. The maximum atomic E-state index is 11.7. The molecular formula is C14H22ClNO. The van der Waals surface area contributed by atoms with E-state index in [9.17, 15) is 4.79 Å². The monoisotopic (exact) mass is 255 g/mol. The zero-order valence-electron chi connectivity index (χ0n) is 11.2. The minimum Gasteiger partial charge on any atom is -0.348 e. The van der Waals surface area contributed by atoms with Crippen LogP contribution in [0.1, 0.15) is 48.4 Å². The summed E-state index contributed by atoms with van der Waals surface area (Å²) in [5.41, 5.74) is 2.99. The van der Waals surface area contributed by atoms with E-state index in [4.69, 9.17) is 11.6 Å². The third-order valence-electron chi connectivity index (χ3n) is 3.59.